The molecule has 3 N–H and O–H groups in total. The van der Waals surface area contributed by atoms with Gasteiger partial charge in [0.05, 0.1) is 6.42 Å². The first-order valence-corrected chi connectivity index (χ1v) is 7.17. The van der Waals surface area contributed by atoms with Gasteiger partial charge in [-0.1, -0.05) is 32.9 Å². The quantitative estimate of drug-likeness (QED) is 0.779. The topological polar surface area (TPSA) is 78.4 Å². The predicted octanol–water partition coefficient (Wildman–Crippen LogP) is 3.18. The number of carboxylic acids is 1. The van der Waals surface area contributed by atoms with E-state index < -0.39 is 5.97 Å². The van der Waals surface area contributed by atoms with E-state index in [0.29, 0.717) is 5.69 Å². The van der Waals surface area contributed by atoms with Crippen LogP contribution in [0.3, 0.4) is 0 Å². The van der Waals surface area contributed by atoms with Crippen LogP contribution in [-0.2, 0) is 4.79 Å². The predicted molar refractivity (Wildman–Crippen MR) is 81.5 cm³/mol. The van der Waals surface area contributed by atoms with Crippen LogP contribution in [0.4, 0.5) is 10.5 Å². The largest absolute Gasteiger partial charge is 0.481 e. The Hall–Kier alpha value is -2.04. The number of aliphatic carboxylic acids is 1. The first kappa shape index (κ1) is 15.4. The van der Waals surface area contributed by atoms with Gasteiger partial charge in [-0.3, -0.25) is 4.79 Å². The van der Waals surface area contributed by atoms with E-state index in [1.807, 2.05) is 19.1 Å². The van der Waals surface area contributed by atoms with Crippen molar-refractivity contribution in [1.29, 1.82) is 0 Å². The standard InChI is InChI=1S/C16H22N2O3/c1-10(8-14(19)20)11-4-6-12(7-5-11)17-15(21)18-13-9-16(13,2)3/h4-7,10,13H,8-9H2,1-3H3,(H,19,20)(H2,17,18,21). The normalized spacial score (nSPS) is 20.4. The number of benzene rings is 1. The Balaban J connectivity index is 1.87. The van der Waals surface area contributed by atoms with Crippen LogP contribution in [0.25, 0.3) is 0 Å². The molecule has 0 spiro atoms. The van der Waals surface area contributed by atoms with Gasteiger partial charge in [0.2, 0.25) is 0 Å². The van der Waals surface area contributed by atoms with E-state index in [2.05, 4.69) is 24.5 Å². The molecule has 0 saturated heterocycles. The zero-order chi connectivity index (χ0) is 15.6. The highest BCUT2D eigenvalue weighted by molar-refractivity contribution is 5.89. The Kier molecular flexibility index (Phi) is 4.21. The second kappa shape index (κ2) is 5.76. The Morgan fingerprint density at radius 2 is 1.90 bits per heavy atom. The summed E-state index contributed by atoms with van der Waals surface area (Å²) in [5.74, 6) is -0.853. The molecule has 5 heteroatoms. The first-order chi connectivity index (χ1) is 9.78. The molecule has 2 atom stereocenters. The van der Waals surface area contributed by atoms with Crippen LogP contribution >= 0.6 is 0 Å². The number of hydrogen-bond acceptors (Lipinski definition) is 2. The molecule has 5 nitrogen and oxygen atoms in total. The van der Waals surface area contributed by atoms with Crippen LogP contribution in [0.1, 0.15) is 45.1 Å². The average Bonchev–Trinajstić information content (AvgIpc) is 2.96. The molecule has 114 valence electrons. The van der Waals surface area contributed by atoms with E-state index in [1.54, 1.807) is 12.1 Å². The van der Waals surface area contributed by atoms with Gasteiger partial charge in [0.25, 0.3) is 0 Å². The molecule has 1 aromatic carbocycles. The van der Waals surface area contributed by atoms with Gasteiger partial charge in [0, 0.05) is 11.7 Å². The zero-order valence-electron chi connectivity index (χ0n) is 12.6. The molecule has 2 rings (SSSR count). The van der Waals surface area contributed by atoms with E-state index >= 15 is 0 Å². The number of amides is 2. The molecule has 2 unspecified atom stereocenters. The van der Waals surface area contributed by atoms with Gasteiger partial charge < -0.3 is 15.7 Å². The van der Waals surface area contributed by atoms with Crippen molar-refractivity contribution in [3.8, 4) is 0 Å². The SMILES string of the molecule is CC(CC(=O)O)c1ccc(NC(=O)NC2CC2(C)C)cc1. The summed E-state index contributed by atoms with van der Waals surface area (Å²) < 4.78 is 0. The lowest BCUT2D eigenvalue weighted by atomic mass is 9.98. The van der Waals surface area contributed by atoms with Crippen molar-refractivity contribution in [1.82, 2.24) is 5.32 Å². The van der Waals surface area contributed by atoms with E-state index in [0.717, 1.165) is 12.0 Å². The summed E-state index contributed by atoms with van der Waals surface area (Å²) >= 11 is 0. The molecule has 0 aliphatic heterocycles. The molecule has 1 aliphatic carbocycles. The van der Waals surface area contributed by atoms with Crippen molar-refractivity contribution in [2.45, 2.75) is 45.6 Å². The maximum Gasteiger partial charge on any atom is 0.319 e. The molecule has 1 saturated carbocycles. The number of rotatable bonds is 5. The minimum absolute atomic E-state index is 0.0439. The maximum absolute atomic E-state index is 11.8. The van der Waals surface area contributed by atoms with Gasteiger partial charge >= 0.3 is 12.0 Å². The second-order valence-corrected chi connectivity index (χ2v) is 6.46. The van der Waals surface area contributed by atoms with Crippen LogP contribution in [0.15, 0.2) is 24.3 Å². The smallest absolute Gasteiger partial charge is 0.319 e. The lowest BCUT2D eigenvalue weighted by molar-refractivity contribution is -0.137. The molecular weight excluding hydrogens is 268 g/mol. The number of hydrogen-bond donors (Lipinski definition) is 3. The summed E-state index contributed by atoms with van der Waals surface area (Å²) in [6.07, 6.45) is 1.11. The summed E-state index contributed by atoms with van der Waals surface area (Å²) in [7, 11) is 0. The van der Waals surface area contributed by atoms with E-state index in [9.17, 15) is 9.59 Å². The third kappa shape index (κ3) is 4.21. The van der Waals surface area contributed by atoms with Crippen molar-refractivity contribution in [2.75, 3.05) is 5.32 Å². The van der Waals surface area contributed by atoms with E-state index in [4.69, 9.17) is 5.11 Å². The lowest BCUT2D eigenvalue weighted by Gasteiger charge is -2.12. The highest BCUT2D eigenvalue weighted by atomic mass is 16.4. The molecule has 1 aliphatic rings. The van der Waals surface area contributed by atoms with Gasteiger partial charge in [-0.05, 0) is 35.4 Å². The van der Waals surface area contributed by atoms with Gasteiger partial charge in [0.1, 0.15) is 0 Å². The average molecular weight is 290 g/mol. The highest BCUT2D eigenvalue weighted by Crippen LogP contribution is 2.44. The van der Waals surface area contributed by atoms with Crippen molar-refractivity contribution in [2.24, 2.45) is 5.41 Å². The Bertz CT molecular complexity index is 537. The van der Waals surface area contributed by atoms with Crippen molar-refractivity contribution < 1.29 is 14.7 Å². The van der Waals surface area contributed by atoms with Crippen LogP contribution in [0.2, 0.25) is 0 Å². The number of carbonyl (C=O) groups excluding carboxylic acids is 1. The van der Waals surface area contributed by atoms with E-state index in [-0.39, 0.29) is 29.8 Å². The molecule has 0 heterocycles. The fraction of sp³-hybridized carbons (Fsp3) is 0.500. The van der Waals surface area contributed by atoms with Gasteiger partial charge in [-0.25, -0.2) is 4.79 Å². The number of nitrogens with one attached hydrogen (secondary N) is 2. The van der Waals surface area contributed by atoms with Crippen LogP contribution < -0.4 is 10.6 Å². The lowest BCUT2D eigenvalue weighted by Crippen LogP contribution is -2.32. The number of carbonyl (C=O) groups is 2. The number of carboxylic acid groups (broad SMARTS) is 1. The first-order valence-electron chi connectivity index (χ1n) is 7.17. The molecule has 0 aromatic heterocycles. The molecule has 1 aromatic rings. The van der Waals surface area contributed by atoms with Gasteiger partial charge in [-0.15, -0.1) is 0 Å². The Morgan fingerprint density at radius 1 is 1.33 bits per heavy atom. The summed E-state index contributed by atoms with van der Waals surface area (Å²) in [6, 6.07) is 7.34. The van der Waals surface area contributed by atoms with Crippen LogP contribution in [0, 0.1) is 5.41 Å². The van der Waals surface area contributed by atoms with Crippen LogP contribution in [-0.4, -0.2) is 23.1 Å². The summed E-state index contributed by atoms with van der Waals surface area (Å²) in [4.78, 5) is 22.5. The zero-order valence-corrected chi connectivity index (χ0v) is 12.6. The van der Waals surface area contributed by atoms with Gasteiger partial charge in [0.15, 0.2) is 0 Å². The second-order valence-electron chi connectivity index (χ2n) is 6.46. The molecular formula is C16H22N2O3. The van der Waals surface area contributed by atoms with Crippen molar-refractivity contribution in [3.63, 3.8) is 0 Å². The fourth-order valence-corrected chi connectivity index (χ4v) is 2.31. The Labute approximate surface area is 124 Å². The third-order valence-electron chi connectivity index (χ3n) is 4.04. The molecule has 21 heavy (non-hydrogen) atoms. The third-order valence-corrected chi connectivity index (χ3v) is 4.04. The molecule has 0 bridgehead atoms. The highest BCUT2D eigenvalue weighted by Gasteiger charge is 2.46. The summed E-state index contributed by atoms with van der Waals surface area (Å²) in [5.41, 5.74) is 1.86. The Morgan fingerprint density at radius 3 is 2.38 bits per heavy atom. The minimum Gasteiger partial charge on any atom is -0.481 e. The van der Waals surface area contributed by atoms with Crippen LogP contribution in [0.5, 0.6) is 0 Å². The molecule has 0 radical (unpaired) electrons. The van der Waals surface area contributed by atoms with E-state index in [1.165, 1.54) is 0 Å². The van der Waals surface area contributed by atoms with Crippen molar-refractivity contribution in [3.05, 3.63) is 29.8 Å². The monoisotopic (exact) mass is 290 g/mol. The maximum atomic E-state index is 11.8. The summed E-state index contributed by atoms with van der Waals surface area (Å²) in [6.45, 7) is 6.12. The number of anilines is 1. The van der Waals surface area contributed by atoms with Crippen molar-refractivity contribution >= 4 is 17.7 Å². The fourth-order valence-electron chi connectivity index (χ4n) is 2.31. The molecule has 2 amide bonds. The van der Waals surface area contributed by atoms with Gasteiger partial charge in [-0.2, -0.15) is 0 Å². The minimum atomic E-state index is -0.809. The summed E-state index contributed by atoms with van der Waals surface area (Å²) in [5, 5.41) is 14.5. The molecule has 1 fully saturated rings. The number of urea groups is 1.